The minimum absolute atomic E-state index is 0.0196. The van der Waals surface area contributed by atoms with Crippen LogP contribution in [-0.4, -0.2) is 34.0 Å². The second kappa shape index (κ2) is 8.38. The highest BCUT2D eigenvalue weighted by molar-refractivity contribution is 7.92. The highest BCUT2D eigenvalue weighted by atomic mass is 32.2. The molecule has 152 valence electrons. The van der Waals surface area contributed by atoms with E-state index in [0.29, 0.717) is 0 Å². The van der Waals surface area contributed by atoms with E-state index in [9.17, 15) is 26.0 Å². The molecule has 2 aromatic rings. The van der Waals surface area contributed by atoms with Gasteiger partial charge in [0.25, 0.3) is 0 Å². The van der Waals surface area contributed by atoms with E-state index < -0.39 is 36.8 Å². The summed E-state index contributed by atoms with van der Waals surface area (Å²) in [5, 5.41) is 1.01. The van der Waals surface area contributed by atoms with Gasteiger partial charge in [0, 0.05) is 11.7 Å². The molecule has 0 aliphatic rings. The second-order valence-electron chi connectivity index (χ2n) is 6.43. The average molecular weight is 429 g/mol. The van der Waals surface area contributed by atoms with Crippen LogP contribution >= 0.6 is 0 Å². The van der Waals surface area contributed by atoms with E-state index in [2.05, 4.69) is 10.0 Å². The van der Waals surface area contributed by atoms with Crippen LogP contribution in [0, 0.1) is 5.82 Å². The monoisotopic (exact) mass is 428 g/mol. The zero-order valence-corrected chi connectivity index (χ0v) is 17.1. The van der Waals surface area contributed by atoms with Crippen molar-refractivity contribution in [2.75, 3.05) is 5.32 Å². The lowest BCUT2D eigenvalue weighted by molar-refractivity contribution is -0.115. The van der Waals surface area contributed by atoms with E-state index in [4.69, 9.17) is 0 Å². The van der Waals surface area contributed by atoms with Gasteiger partial charge in [-0.1, -0.05) is 0 Å². The fourth-order valence-electron chi connectivity index (χ4n) is 2.31. The topological polar surface area (TPSA) is 109 Å². The molecule has 7 nitrogen and oxygen atoms in total. The van der Waals surface area contributed by atoms with Crippen LogP contribution in [0.2, 0.25) is 0 Å². The number of nitrogens with one attached hydrogen (secondary N) is 2. The Bertz CT molecular complexity index is 1050. The quantitative estimate of drug-likeness (QED) is 0.658. The standard InChI is InChI=1S/C18H21FN2O5S2/c1-12(2)21-28(25,26)17-10-6-15(7-11-17)20-18(22)13(3)27(23,24)16-8-4-14(19)5-9-16/h4-13,21H,1-3H3,(H,20,22). The lowest BCUT2D eigenvalue weighted by Gasteiger charge is -2.14. The molecule has 10 heteroatoms. The molecule has 0 spiro atoms. The molecule has 1 unspecified atom stereocenters. The Morgan fingerprint density at radius 3 is 1.86 bits per heavy atom. The smallest absolute Gasteiger partial charge is 0.242 e. The van der Waals surface area contributed by atoms with Gasteiger partial charge in [-0.3, -0.25) is 4.79 Å². The highest BCUT2D eigenvalue weighted by Gasteiger charge is 2.30. The van der Waals surface area contributed by atoms with Gasteiger partial charge in [-0.2, -0.15) is 0 Å². The number of benzene rings is 2. The van der Waals surface area contributed by atoms with Crippen LogP contribution in [0.3, 0.4) is 0 Å². The van der Waals surface area contributed by atoms with Crippen LogP contribution in [-0.2, 0) is 24.7 Å². The summed E-state index contributed by atoms with van der Waals surface area (Å²) in [6.45, 7) is 4.60. The molecule has 2 aromatic carbocycles. The normalized spacial score (nSPS) is 13.3. The number of amides is 1. The number of anilines is 1. The SMILES string of the molecule is CC(C)NS(=O)(=O)c1ccc(NC(=O)C(C)S(=O)(=O)c2ccc(F)cc2)cc1. The minimum atomic E-state index is -4.00. The van der Waals surface area contributed by atoms with E-state index >= 15 is 0 Å². The van der Waals surface area contributed by atoms with Crippen LogP contribution < -0.4 is 10.0 Å². The summed E-state index contributed by atoms with van der Waals surface area (Å²) in [5.74, 6) is -1.38. The minimum Gasteiger partial charge on any atom is -0.325 e. The number of halogens is 1. The van der Waals surface area contributed by atoms with Crippen molar-refractivity contribution in [3.63, 3.8) is 0 Å². The molecule has 0 aliphatic heterocycles. The number of rotatable bonds is 7. The summed E-state index contributed by atoms with van der Waals surface area (Å²) in [7, 11) is -7.68. The van der Waals surface area contributed by atoms with Gasteiger partial charge in [0.15, 0.2) is 9.84 Å². The summed E-state index contributed by atoms with van der Waals surface area (Å²) in [5.41, 5.74) is 0.245. The van der Waals surface area contributed by atoms with Crippen molar-refractivity contribution in [3.8, 4) is 0 Å². The van der Waals surface area contributed by atoms with E-state index in [1.54, 1.807) is 13.8 Å². The first kappa shape index (κ1) is 22.0. The van der Waals surface area contributed by atoms with Gasteiger partial charge >= 0.3 is 0 Å². The summed E-state index contributed by atoms with van der Waals surface area (Å²) >= 11 is 0. The molecule has 0 saturated heterocycles. The van der Waals surface area contributed by atoms with Crippen molar-refractivity contribution in [1.29, 1.82) is 0 Å². The molecule has 0 fully saturated rings. The van der Waals surface area contributed by atoms with E-state index in [1.807, 2.05) is 0 Å². The Balaban J connectivity index is 2.15. The Labute approximate surface area is 163 Å². The van der Waals surface area contributed by atoms with Crippen molar-refractivity contribution in [2.45, 2.75) is 41.9 Å². The lowest BCUT2D eigenvalue weighted by Crippen LogP contribution is -2.32. The van der Waals surface area contributed by atoms with Gasteiger partial charge < -0.3 is 5.32 Å². The van der Waals surface area contributed by atoms with Crippen molar-refractivity contribution in [2.24, 2.45) is 0 Å². The Hall–Kier alpha value is -2.30. The molecule has 1 amide bonds. The maximum atomic E-state index is 13.0. The van der Waals surface area contributed by atoms with Crippen molar-refractivity contribution < 1.29 is 26.0 Å². The molecular weight excluding hydrogens is 407 g/mol. The fraction of sp³-hybridized carbons (Fsp3) is 0.278. The van der Waals surface area contributed by atoms with Crippen LogP contribution in [0.1, 0.15) is 20.8 Å². The number of hydrogen-bond acceptors (Lipinski definition) is 5. The van der Waals surface area contributed by atoms with E-state index in [1.165, 1.54) is 31.2 Å². The molecule has 28 heavy (non-hydrogen) atoms. The first-order valence-corrected chi connectivity index (χ1v) is 11.4. The van der Waals surface area contributed by atoms with Crippen LogP contribution in [0.5, 0.6) is 0 Å². The predicted molar refractivity (Wildman–Crippen MR) is 104 cm³/mol. The molecule has 0 heterocycles. The number of sulfonamides is 1. The van der Waals surface area contributed by atoms with E-state index in [0.717, 1.165) is 24.3 Å². The number of hydrogen-bond donors (Lipinski definition) is 2. The Morgan fingerprint density at radius 1 is 0.857 bits per heavy atom. The molecule has 1 atom stereocenters. The van der Waals surface area contributed by atoms with E-state index in [-0.39, 0.29) is 21.5 Å². The third-order valence-electron chi connectivity index (χ3n) is 3.80. The zero-order chi connectivity index (χ0) is 21.1. The average Bonchev–Trinajstić information content (AvgIpc) is 2.60. The number of carbonyl (C=O) groups is 1. The largest absolute Gasteiger partial charge is 0.325 e. The lowest BCUT2D eigenvalue weighted by atomic mass is 10.3. The highest BCUT2D eigenvalue weighted by Crippen LogP contribution is 2.19. The molecule has 0 saturated carbocycles. The molecule has 0 bridgehead atoms. The van der Waals surface area contributed by atoms with Gasteiger partial charge in [0.1, 0.15) is 11.1 Å². The van der Waals surface area contributed by atoms with Crippen LogP contribution in [0.4, 0.5) is 10.1 Å². The van der Waals surface area contributed by atoms with Crippen molar-refractivity contribution in [3.05, 3.63) is 54.3 Å². The van der Waals surface area contributed by atoms with Crippen molar-refractivity contribution in [1.82, 2.24) is 4.72 Å². The maximum absolute atomic E-state index is 13.0. The second-order valence-corrected chi connectivity index (χ2v) is 10.4. The third kappa shape index (κ3) is 5.15. The maximum Gasteiger partial charge on any atom is 0.242 e. The van der Waals surface area contributed by atoms with Gasteiger partial charge in [-0.25, -0.2) is 25.9 Å². The molecule has 0 aromatic heterocycles. The summed E-state index contributed by atoms with van der Waals surface area (Å²) in [6.07, 6.45) is 0. The van der Waals surface area contributed by atoms with Gasteiger partial charge in [0.05, 0.1) is 9.79 Å². The molecular formula is C18H21FN2O5S2. The summed E-state index contributed by atoms with van der Waals surface area (Å²) < 4.78 is 64.6. The zero-order valence-electron chi connectivity index (χ0n) is 15.5. The van der Waals surface area contributed by atoms with Crippen LogP contribution in [0.25, 0.3) is 0 Å². The number of carbonyl (C=O) groups excluding carboxylic acids is 1. The molecule has 2 N–H and O–H groups in total. The Morgan fingerprint density at radius 2 is 1.36 bits per heavy atom. The fourth-order valence-corrected chi connectivity index (χ4v) is 4.82. The summed E-state index contributed by atoms with van der Waals surface area (Å²) in [6, 6.07) is 9.25. The molecule has 0 aliphatic carbocycles. The van der Waals surface area contributed by atoms with Gasteiger partial charge in [-0.05, 0) is 69.3 Å². The van der Waals surface area contributed by atoms with Gasteiger partial charge in [-0.15, -0.1) is 0 Å². The van der Waals surface area contributed by atoms with Crippen LogP contribution in [0.15, 0.2) is 58.3 Å². The predicted octanol–water partition coefficient (Wildman–Crippen LogP) is 2.31. The third-order valence-corrected chi connectivity index (χ3v) is 7.55. The van der Waals surface area contributed by atoms with Gasteiger partial charge in [0.2, 0.25) is 15.9 Å². The molecule has 2 rings (SSSR count). The Kier molecular flexibility index (Phi) is 6.58. The summed E-state index contributed by atoms with van der Waals surface area (Å²) in [4.78, 5) is 12.2. The number of sulfone groups is 1. The first-order valence-electron chi connectivity index (χ1n) is 8.36. The van der Waals surface area contributed by atoms with Crippen molar-refractivity contribution >= 4 is 31.5 Å². The first-order chi connectivity index (χ1) is 12.9. The molecule has 0 radical (unpaired) electrons.